The predicted molar refractivity (Wildman–Crippen MR) is 73.9 cm³/mol. The molecule has 2 aromatic rings. The highest BCUT2D eigenvalue weighted by Crippen LogP contribution is 2.44. The summed E-state index contributed by atoms with van der Waals surface area (Å²) in [5.41, 5.74) is 2.03. The number of hydrogen-bond acceptors (Lipinski definition) is 3. The zero-order valence-electron chi connectivity index (χ0n) is 10.7. The van der Waals surface area contributed by atoms with Gasteiger partial charge in [-0.2, -0.15) is 0 Å². The smallest absolute Gasteiger partial charge is 0.265 e. The summed E-state index contributed by atoms with van der Waals surface area (Å²) in [7, 11) is 1.65. The molecule has 0 saturated carbocycles. The molecule has 19 heavy (non-hydrogen) atoms. The van der Waals surface area contributed by atoms with Crippen molar-refractivity contribution in [2.75, 3.05) is 7.11 Å². The number of ether oxygens (including phenoxy) is 2. The van der Waals surface area contributed by atoms with Crippen LogP contribution in [0.1, 0.15) is 17.2 Å². The van der Waals surface area contributed by atoms with Crippen LogP contribution in [0.25, 0.3) is 0 Å². The average Bonchev–Trinajstić information content (AvgIpc) is 2.94. The van der Waals surface area contributed by atoms with Crippen molar-refractivity contribution in [1.82, 2.24) is 0 Å². The predicted octanol–water partition coefficient (Wildman–Crippen LogP) is 3.29. The third-order valence-electron chi connectivity index (χ3n) is 3.39. The molecule has 0 N–H and O–H groups in total. The number of methoxy groups -OCH3 is 1. The molecule has 3 rings (SSSR count). The Hall–Kier alpha value is -2.13. The lowest BCUT2D eigenvalue weighted by atomic mass is 9.93. The molecule has 1 heterocycles. The zero-order chi connectivity index (χ0) is 13.1. The van der Waals surface area contributed by atoms with Gasteiger partial charge in [0.05, 0.1) is 0 Å². The van der Waals surface area contributed by atoms with Gasteiger partial charge in [0.2, 0.25) is 0 Å². The lowest BCUT2D eigenvalue weighted by Crippen LogP contribution is -2.34. The quantitative estimate of drug-likeness (QED) is 0.840. The molecule has 1 aliphatic rings. The fourth-order valence-electron chi connectivity index (χ4n) is 2.45. The SMILES string of the molecule is COC1(c2ccccc2)OC=NC1c1ccccc1. The molecule has 2 aromatic carbocycles. The Kier molecular flexibility index (Phi) is 3.05. The van der Waals surface area contributed by atoms with Gasteiger partial charge in [-0.3, -0.25) is 0 Å². The van der Waals surface area contributed by atoms with Crippen LogP contribution in [-0.4, -0.2) is 13.5 Å². The van der Waals surface area contributed by atoms with Gasteiger partial charge in [-0.1, -0.05) is 60.7 Å². The summed E-state index contributed by atoms with van der Waals surface area (Å²) in [6.07, 6.45) is 1.48. The van der Waals surface area contributed by atoms with Crippen molar-refractivity contribution in [3.8, 4) is 0 Å². The monoisotopic (exact) mass is 253 g/mol. The van der Waals surface area contributed by atoms with Gasteiger partial charge in [-0.15, -0.1) is 0 Å². The maximum absolute atomic E-state index is 5.73. The van der Waals surface area contributed by atoms with Gasteiger partial charge in [-0.05, 0) is 5.56 Å². The van der Waals surface area contributed by atoms with Crippen LogP contribution in [0.3, 0.4) is 0 Å². The highest BCUT2D eigenvalue weighted by molar-refractivity contribution is 5.53. The van der Waals surface area contributed by atoms with Crippen LogP contribution < -0.4 is 0 Å². The van der Waals surface area contributed by atoms with Gasteiger partial charge in [0.15, 0.2) is 6.40 Å². The Balaban J connectivity index is 2.07. The van der Waals surface area contributed by atoms with Crippen molar-refractivity contribution in [2.24, 2.45) is 4.99 Å². The maximum atomic E-state index is 5.73. The second kappa shape index (κ2) is 4.86. The Bertz CT molecular complexity index is 568. The number of benzene rings is 2. The Morgan fingerprint density at radius 2 is 1.63 bits per heavy atom. The van der Waals surface area contributed by atoms with Gasteiger partial charge in [0.1, 0.15) is 6.04 Å². The number of nitrogens with zero attached hydrogens (tertiary/aromatic N) is 1. The number of hydrogen-bond donors (Lipinski definition) is 0. The van der Waals surface area contributed by atoms with E-state index in [2.05, 4.69) is 4.99 Å². The van der Waals surface area contributed by atoms with Gasteiger partial charge in [0, 0.05) is 12.7 Å². The molecule has 3 heteroatoms. The highest BCUT2D eigenvalue weighted by Gasteiger charge is 2.47. The first kappa shape index (κ1) is 11.9. The van der Waals surface area contributed by atoms with Crippen molar-refractivity contribution < 1.29 is 9.47 Å². The summed E-state index contributed by atoms with van der Waals surface area (Å²) in [5.74, 6) is -0.872. The third kappa shape index (κ3) is 1.92. The van der Waals surface area contributed by atoms with E-state index in [1.807, 2.05) is 60.7 Å². The van der Waals surface area contributed by atoms with Crippen LogP contribution in [0, 0.1) is 0 Å². The Labute approximate surface area is 112 Å². The summed E-state index contributed by atoms with van der Waals surface area (Å²) < 4.78 is 11.4. The molecular formula is C16H15NO2. The summed E-state index contributed by atoms with van der Waals surface area (Å²) >= 11 is 0. The van der Waals surface area contributed by atoms with Crippen LogP contribution in [-0.2, 0) is 15.3 Å². The van der Waals surface area contributed by atoms with Crippen molar-refractivity contribution in [3.05, 3.63) is 71.8 Å². The first-order valence-corrected chi connectivity index (χ1v) is 6.22. The molecule has 1 aliphatic heterocycles. The van der Waals surface area contributed by atoms with Gasteiger partial charge >= 0.3 is 0 Å². The summed E-state index contributed by atoms with van der Waals surface area (Å²) in [5, 5.41) is 0. The Morgan fingerprint density at radius 1 is 1.00 bits per heavy atom. The van der Waals surface area contributed by atoms with Crippen molar-refractivity contribution in [2.45, 2.75) is 11.8 Å². The largest absolute Gasteiger partial charge is 0.445 e. The van der Waals surface area contributed by atoms with E-state index in [9.17, 15) is 0 Å². The second-order valence-corrected chi connectivity index (χ2v) is 4.42. The second-order valence-electron chi connectivity index (χ2n) is 4.42. The molecule has 96 valence electrons. The summed E-state index contributed by atoms with van der Waals surface area (Å²) in [4.78, 5) is 4.43. The van der Waals surface area contributed by atoms with Gasteiger partial charge in [-0.25, -0.2) is 4.99 Å². The standard InChI is InChI=1S/C16H15NO2/c1-18-16(14-10-6-3-7-11-14)15(17-12-19-16)13-8-4-2-5-9-13/h2-12,15H,1H3. The lowest BCUT2D eigenvalue weighted by Gasteiger charge is -2.32. The molecule has 0 spiro atoms. The van der Waals surface area contributed by atoms with E-state index in [1.54, 1.807) is 7.11 Å². The van der Waals surface area contributed by atoms with Crippen LogP contribution >= 0.6 is 0 Å². The molecule has 3 nitrogen and oxygen atoms in total. The van der Waals surface area contributed by atoms with Crippen LogP contribution in [0.5, 0.6) is 0 Å². The van der Waals surface area contributed by atoms with Crippen molar-refractivity contribution in [3.63, 3.8) is 0 Å². The van der Waals surface area contributed by atoms with Crippen LogP contribution in [0.2, 0.25) is 0 Å². The number of aliphatic imine (C=N–C) groups is 1. The van der Waals surface area contributed by atoms with E-state index in [0.717, 1.165) is 11.1 Å². The van der Waals surface area contributed by atoms with Gasteiger partial charge < -0.3 is 9.47 Å². The summed E-state index contributed by atoms with van der Waals surface area (Å²) in [6.45, 7) is 0. The minimum Gasteiger partial charge on any atom is -0.445 e. The van der Waals surface area contributed by atoms with E-state index < -0.39 is 5.79 Å². The third-order valence-corrected chi connectivity index (χ3v) is 3.39. The minimum absolute atomic E-state index is 0.193. The molecule has 0 fully saturated rings. The maximum Gasteiger partial charge on any atom is 0.265 e. The average molecular weight is 253 g/mol. The molecule has 0 aromatic heterocycles. The fourth-order valence-corrected chi connectivity index (χ4v) is 2.45. The van der Waals surface area contributed by atoms with Gasteiger partial charge in [0.25, 0.3) is 5.79 Å². The molecule has 0 amide bonds. The molecule has 2 atom stereocenters. The fraction of sp³-hybridized carbons (Fsp3) is 0.188. The molecule has 2 unspecified atom stereocenters. The van der Waals surface area contributed by atoms with Crippen LogP contribution in [0.4, 0.5) is 0 Å². The highest BCUT2D eigenvalue weighted by atomic mass is 16.7. The van der Waals surface area contributed by atoms with E-state index in [1.165, 1.54) is 6.40 Å². The lowest BCUT2D eigenvalue weighted by molar-refractivity contribution is -0.181. The molecule has 0 saturated heterocycles. The molecule has 0 bridgehead atoms. The molecule has 0 radical (unpaired) electrons. The number of rotatable bonds is 3. The van der Waals surface area contributed by atoms with Crippen molar-refractivity contribution >= 4 is 6.40 Å². The summed E-state index contributed by atoms with van der Waals surface area (Å²) in [6, 6.07) is 19.8. The Morgan fingerprint density at radius 3 is 2.26 bits per heavy atom. The van der Waals surface area contributed by atoms with E-state index in [4.69, 9.17) is 9.47 Å². The molecular weight excluding hydrogens is 238 g/mol. The first-order chi connectivity index (χ1) is 9.37. The molecule has 0 aliphatic carbocycles. The van der Waals surface area contributed by atoms with E-state index in [-0.39, 0.29) is 6.04 Å². The van der Waals surface area contributed by atoms with E-state index in [0.29, 0.717) is 0 Å². The topological polar surface area (TPSA) is 30.8 Å². The van der Waals surface area contributed by atoms with Crippen LogP contribution in [0.15, 0.2) is 65.7 Å². The first-order valence-electron chi connectivity index (χ1n) is 6.22. The normalized spacial score (nSPS) is 25.2. The zero-order valence-corrected chi connectivity index (χ0v) is 10.7. The minimum atomic E-state index is -0.872. The van der Waals surface area contributed by atoms with Crippen molar-refractivity contribution in [1.29, 1.82) is 0 Å². The van der Waals surface area contributed by atoms with E-state index >= 15 is 0 Å².